The molecule has 1 N–H and O–H groups in total. The van der Waals surface area contributed by atoms with Gasteiger partial charge in [-0.3, -0.25) is 4.79 Å². The monoisotopic (exact) mass is 331 g/mol. The Bertz CT molecular complexity index is 955. The molecule has 0 aliphatic rings. The van der Waals surface area contributed by atoms with Crippen molar-refractivity contribution in [3.63, 3.8) is 0 Å². The van der Waals surface area contributed by atoms with Crippen LogP contribution in [0.3, 0.4) is 0 Å². The lowest BCUT2D eigenvalue weighted by atomic mass is 10.0. The molecule has 0 radical (unpaired) electrons. The van der Waals surface area contributed by atoms with Crippen molar-refractivity contribution >= 4 is 34.4 Å². The van der Waals surface area contributed by atoms with Crippen LogP contribution in [0.1, 0.15) is 12.5 Å². The van der Waals surface area contributed by atoms with E-state index >= 15 is 0 Å². The van der Waals surface area contributed by atoms with Gasteiger partial charge < -0.3 is 10.1 Å². The lowest BCUT2D eigenvalue weighted by Gasteiger charge is -2.08. The standard InChI is InChI=1S/C21H17NO3/c1-15(23)22-19-11-4-5-12-20(19)25-21(24)14-13-17-9-6-8-16-7-2-3-10-18(16)17/h2-14H,1H3,(H,22,23). The summed E-state index contributed by atoms with van der Waals surface area (Å²) in [4.78, 5) is 23.4. The summed E-state index contributed by atoms with van der Waals surface area (Å²) >= 11 is 0. The number of benzene rings is 3. The van der Waals surface area contributed by atoms with E-state index in [-0.39, 0.29) is 5.91 Å². The molecule has 0 unspecified atom stereocenters. The highest BCUT2D eigenvalue weighted by molar-refractivity contribution is 5.96. The molecule has 3 aromatic carbocycles. The van der Waals surface area contributed by atoms with Gasteiger partial charge in [0.15, 0.2) is 5.75 Å². The number of ether oxygens (including phenoxy) is 1. The molecular weight excluding hydrogens is 314 g/mol. The van der Waals surface area contributed by atoms with Crippen LogP contribution in [-0.4, -0.2) is 11.9 Å². The average molecular weight is 331 g/mol. The summed E-state index contributed by atoms with van der Waals surface area (Å²) in [6.07, 6.45) is 3.11. The van der Waals surface area contributed by atoms with Gasteiger partial charge in [-0.1, -0.05) is 54.6 Å². The molecule has 0 aliphatic heterocycles. The van der Waals surface area contributed by atoms with E-state index in [4.69, 9.17) is 4.74 Å². The molecule has 3 aromatic rings. The molecule has 0 saturated heterocycles. The maximum atomic E-state index is 12.1. The van der Waals surface area contributed by atoms with Gasteiger partial charge in [-0.15, -0.1) is 0 Å². The quantitative estimate of drug-likeness (QED) is 0.437. The molecule has 0 heterocycles. The molecule has 124 valence electrons. The Hall–Kier alpha value is -3.40. The predicted octanol–water partition coefficient (Wildman–Crippen LogP) is 4.42. The summed E-state index contributed by atoms with van der Waals surface area (Å²) in [5.41, 5.74) is 1.40. The number of fused-ring (bicyclic) bond motifs is 1. The molecule has 4 nitrogen and oxygen atoms in total. The Morgan fingerprint density at radius 3 is 2.48 bits per heavy atom. The molecule has 0 atom stereocenters. The van der Waals surface area contributed by atoms with Crippen molar-refractivity contribution in [2.75, 3.05) is 5.32 Å². The first-order valence-corrected chi connectivity index (χ1v) is 7.88. The van der Waals surface area contributed by atoms with Gasteiger partial charge in [0, 0.05) is 13.0 Å². The fraction of sp³-hybridized carbons (Fsp3) is 0.0476. The minimum atomic E-state index is -0.509. The van der Waals surface area contributed by atoms with Gasteiger partial charge in [0.1, 0.15) is 0 Å². The number of esters is 1. The predicted molar refractivity (Wildman–Crippen MR) is 99.4 cm³/mol. The van der Waals surface area contributed by atoms with Crippen molar-refractivity contribution in [3.05, 3.63) is 78.4 Å². The van der Waals surface area contributed by atoms with Crippen molar-refractivity contribution < 1.29 is 14.3 Å². The van der Waals surface area contributed by atoms with Gasteiger partial charge in [-0.2, -0.15) is 0 Å². The second-order valence-corrected chi connectivity index (χ2v) is 5.50. The molecule has 25 heavy (non-hydrogen) atoms. The third-order valence-electron chi connectivity index (χ3n) is 3.63. The summed E-state index contributed by atoms with van der Waals surface area (Å²) in [7, 11) is 0. The zero-order valence-corrected chi connectivity index (χ0v) is 13.7. The van der Waals surface area contributed by atoms with Gasteiger partial charge in [0.2, 0.25) is 5.91 Å². The van der Waals surface area contributed by atoms with E-state index < -0.39 is 5.97 Å². The Kier molecular flexibility index (Phi) is 4.90. The minimum absolute atomic E-state index is 0.227. The molecule has 4 heteroatoms. The van der Waals surface area contributed by atoms with Crippen LogP contribution in [0.15, 0.2) is 72.8 Å². The first-order valence-electron chi connectivity index (χ1n) is 7.88. The maximum absolute atomic E-state index is 12.1. The van der Waals surface area contributed by atoms with Crippen LogP contribution in [0.25, 0.3) is 16.8 Å². The SMILES string of the molecule is CC(=O)Nc1ccccc1OC(=O)C=Cc1cccc2ccccc12. The summed E-state index contributed by atoms with van der Waals surface area (Å²) < 4.78 is 5.34. The number of hydrogen-bond donors (Lipinski definition) is 1. The molecule has 1 amide bonds. The number of para-hydroxylation sites is 2. The highest BCUT2D eigenvalue weighted by Gasteiger charge is 2.08. The second kappa shape index (κ2) is 7.45. The molecule has 0 fully saturated rings. The number of carbonyl (C=O) groups excluding carboxylic acids is 2. The molecule has 0 aliphatic carbocycles. The van der Waals surface area contributed by atoms with Crippen LogP contribution in [0.4, 0.5) is 5.69 Å². The van der Waals surface area contributed by atoms with E-state index in [1.165, 1.54) is 13.0 Å². The Balaban J connectivity index is 1.79. The van der Waals surface area contributed by atoms with Crippen molar-refractivity contribution in [1.82, 2.24) is 0 Å². The zero-order chi connectivity index (χ0) is 17.6. The molecular formula is C21H17NO3. The van der Waals surface area contributed by atoms with Gasteiger partial charge >= 0.3 is 5.97 Å². The van der Waals surface area contributed by atoms with Gasteiger partial charge in [-0.05, 0) is 34.5 Å². The van der Waals surface area contributed by atoms with E-state index in [2.05, 4.69) is 5.32 Å². The van der Waals surface area contributed by atoms with Crippen molar-refractivity contribution in [2.45, 2.75) is 6.92 Å². The van der Waals surface area contributed by atoms with Crippen LogP contribution in [0.2, 0.25) is 0 Å². The van der Waals surface area contributed by atoms with Crippen LogP contribution in [-0.2, 0) is 9.59 Å². The van der Waals surface area contributed by atoms with Crippen molar-refractivity contribution in [2.24, 2.45) is 0 Å². The third kappa shape index (κ3) is 4.12. The summed E-state index contributed by atoms with van der Waals surface area (Å²) in [5.74, 6) is -0.425. The first kappa shape index (κ1) is 16.5. The van der Waals surface area contributed by atoms with Crippen LogP contribution in [0, 0.1) is 0 Å². The minimum Gasteiger partial charge on any atom is -0.421 e. The number of hydrogen-bond acceptors (Lipinski definition) is 3. The Morgan fingerprint density at radius 2 is 1.64 bits per heavy atom. The normalized spacial score (nSPS) is 10.8. The van der Waals surface area contributed by atoms with E-state index in [0.717, 1.165) is 16.3 Å². The molecule has 3 rings (SSSR count). The molecule has 0 bridgehead atoms. The lowest BCUT2D eigenvalue weighted by Crippen LogP contribution is -2.10. The number of amides is 1. The number of rotatable bonds is 4. The number of nitrogens with one attached hydrogen (secondary N) is 1. The van der Waals surface area contributed by atoms with Crippen molar-refractivity contribution in [1.29, 1.82) is 0 Å². The zero-order valence-electron chi connectivity index (χ0n) is 13.7. The van der Waals surface area contributed by atoms with E-state index in [1.807, 2.05) is 42.5 Å². The fourth-order valence-electron chi connectivity index (χ4n) is 2.54. The largest absolute Gasteiger partial charge is 0.421 e. The van der Waals surface area contributed by atoms with E-state index in [0.29, 0.717) is 11.4 Å². The van der Waals surface area contributed by atoms with Gasteiger partial charge in [0.05, 0.1) is 5.69 Å². The number of carbonyl (C=O) groups is 2. The highest BCUT2D eigenvalue weighted by atomic mass is 16.5. The topological polar surface area (TPSA) is 55.4 Å². The van der Waals surface area contributed by atoms with E-state index in [9.17, 15) is 9.59 Å². The molecule has 0 aromatic heterocycles. The summed E-state index contributed by atoms with van der Waals surface area (Å²) in [5, 5.41) is 4.80. The van der Waals surface area contributed by atoms with Crippen LogP contribution >= 0.6 is 0 Å². The second-order valence-electron chi connectivity index (χ2n) is 5.50. The number of anilines is 1. The summed E-state index contributed by atoms with van der Waals surface area (Å²) in [6.45, 7) is 1.40. The van der Waals surface area contributed by atoms with Crippen molar-refractivity contribution in [3.8, 4) is 5.75 Å². The maximum Gasteiger partial charge on any atom is 0.336 e. The molecule has 0 saturated carbocycles. The smallest absolute Gasteiger partial charge is 0.336 e. The van der Waals surface area contributed by atoms with Gasteiger partial charge in [-0.25, -0.2) is 4.79 Å². The van der Waals surface area contributed by atoms with Crippen LogP contribution < -0.4 is 10.1 Å². The average Bonchev–Trinajstić information content (AvgIpc) is 2.61. The fourth-order valence-corrected chi connectivity index (χ4v) is 2.54. The van der Waals surface area contributed by atoms with E-state index in [1.54, 1.807) is 30.3 Å². The lowest BCUT2D eigenvalue weighted by molar-refractivity contribution is -0.129. The van der Waals surface area contributed by atoms with Gasteiger partial charge in [0.25, 0.3) is 0 Å². The molecule has 0 spiro atoms. The van der Waals surface area contributed by atoms with Crippen LogP contribution in [0.5, 0.6) is 5.75 Å². The third-order valence-corrected chi connectivity index (χ3v) is 3.63. The Labute approximate surface area is 145 Å². The summed E-state index contributed by atoms with van der Waals surface area (Å²) in [6, 6.07) is 20.7. The Morgan fingerprint density at radius 1 is 0.920 bits per heavy atom. The first-order chi connectivity index (χ1) is 12.1. The highest BCUT2D eigenvalue weighted by Crippen LogP contribution is 2.24.